The van der Waals surface area contributed by atoms with Crippen molar-refractivity contribution in [3.8, 4) is 0 Å². The number of hydrogen-bond donors (Lipinski definition) is 2. The largest absolute Gasteiger partial charge is 0.384 e. The molecule has 0 bridgehead atoms. The molecule has 6 nitrogen and oxygen atoms in total. The maximum Gasteiger partial charge on any atom is 0.222 e. The van der Waals surface area contributed by atoms with Gasteiger partial charge in [-0.2, -0.15) is 0 Å². The van der Waals surface area contributed by atoms with Crippen molar-refractivity contribution in [1.82, 2.24) is 15.5 Å². The van der Waals surface area contributed by atoms with Gasteiger partial charge in [-0.3, -0.25) is 9.69 Å². The number of amides is 1. The van der Waals surface area contributed by atoms with E-state index in [1.807, 2.05) is 6.07 Å². The first-order valence-corrected chi connectivity index (χ1v) is 10.0. The molecule has 1 amide bonds. The van der Waals surface area contributed by atoms with E-state index >= 15 is 0 Å². The lowest BCUT2D eigenvalue weighted by Crippen LogP contribution is -2.48. The fourth-order valence-corrected chi connectivity index (χ4v) is 4.09. The molecular weight excluding hydrogens is 413 g/mol. The van der Waals surface area contributed by atoms with Crippen LogP contribution < -0.4 is 10.6 Å². The average Bonchev–Trinajstić information content (AvgIpc) is 2.69. The molecule has 2 fully saturated rings. The van der Waals surface area contributed by atoms with E-state index in [-0.39, 0.29) is 42.2 Å². The van der Waals surface area contributed by atoms with Crippen LogP contribution in [-0.4, -0.2) is 70.0 Å². The Morgan fingerprint density at radius 1 is 1.28 bits per heavy atom. The summed E-state index contributed by atoms with van der Waals surface area (Å²) in [5, 5.41) is 6.53. The summed E-state index contributed by atoms with van der Waals surface area (Å²) in [5.41, 5.74) is 1.36. The van der Waals surface area contributed by atoms with E-state index < -0.39 is 0 Å². The van der Waals surface area contributed by atoms with Crippen molar-refractivity contribution in [3.05, 3.63) is 35.9 Å². The molecule has 166 valence electrons. The average molecular weight is 448 g/mol. The van der Waals surface area contributed by atoms with Crippen LogP contribution in [0.1, 0.15) is 24.8 Å². The van der Waals surface area contributed by atoms with E-state index in [0.717, 1.165) is 45.6 Å². The molecule has 2 aliphatic rings. The van der Waals surface area contributed by atoms with E-state index in [0.29, 0.717) is 26.2 Å². The Morgan fingerprint density at radius 2 is 2.00 bits per heavy atom. The first-order valence-electron chi connectivity index (χ1n) is 10.0. The van der Waals surface area contributed by atoms with Crippen LogP contribution in [0.4, 0.5) is 0 Å². The molecule has 0 saturated carbocycles. The van der Waals surface area contributed by atoms with Crippen molar-refractivity contribution in [3.63, 3.8) is 0 Å². The molecule has 8 heteroatoms. The van der Waals surface area contributed by atoms with E-state index in [1.165, 1.54) is 5.56 Å². The number of ether oxygens (including phenoxy) is 2. The topological polar surface area (TPSA) is 62.8 Å². The second kappa shape index (κ2) is 13.4. The highest BCUT2D eigenvalue weighted by Crippen LogP contribution is 2.28. The number of nitrogens with one attached hydrogen (secondary N) is 2. The van der Waals surface area contributed by atoms with Gasteiger partial charge in [0.15, 0.2) is 0 Å². The van der Waals surface area contributed by atoms with Crippen LogP contribution in [0.15, 0.2) is 30.3 Å². The number of piperidine rings is 1. The zero-order valence-corrected chi connectivity index (χ0v) is 18.9. The van der Waals surface area contributed by atoms with Gasteiger partial charge in [0.25, 0.3) is 0 Å². The third-order valence-corrected chi connectivity index (χ3v) is 5.66. The molecule has 1 atom stereocenters. The molecule has 29 heavy (non-hydrogen) atoms. The highest BCUT2D eigenvalue weighted by Gasteiger charge is 2.33. The summed E-state index contributed by atoms with van der Waals surface area (Å²) in [5.74, 6) is 0.0792. The highest BCUT2D eigenvalue weighted by atomic mass is 35.5. The predicted molar refractivity (Wildman–Crippen MR) is 120 cm³/mol. The summed E-state index contributed by atoms with van der Waals surface area (Å²) in [4.78, 5) is 14.9. The minimum atomic E-state index is -0.0335. The van der Waals surface area contributed by atoms with Gasteiger partial charge in [-0.15, -0.1) is 24.8 Å². The Kier molecular flexibility index (Phi) is 12.1. The Labute approximate surface area is 186 Å². The van der Waals surface area contributed by atoms with Gasteiger partial charge in [-0.25, -0.2) is 0 Å². The summed E-state index contributed by atoms with van der Waals surface area (Å²) in [6.45, 7) is 6.66. The van der Waals surface area contributed by atoms with Crippen LogP contribution in [-0.2, 0) is 20.8 Å². The fourth-order valence-electron chi connectivity index (χ4n) is 4.09. The lowest BCUT2D eigenvalue weighted by molar-refractivity contribution is -0.127. The minimum absolute atomic E-state index is 0. The van der Waals surface area contributed by atoms with E-state index in [1.54, 1.807) is 7.11 Å². The van der Waals surface area contributed by atoms with E-state index in [4.69, 9.17) is 9.47 Å². The van der Waals surface area contributed by atoms with Crippen LogP contribution in [0, 0.1) is 5.41 Å². The van der Waals surface area contributed by atoms with Gasteiger partial charge in [0.1, 0.15) is 0 Å². The number of hydrogen-bond acceptors (Lipinski definition) is 5. The molecule has 2 N–H and O–H groups in total. The highest BCUT2D eigenvalue weighted by molar-refractivity contribution is 5.85. The van der Waals surface area contributed by atoms with E-state index in [9.17, 15) is 4.79 Å². The number of benzene rings is 1. The van der Waals surface area contributed by atoms with Crippen LogP contribution in [0.25, 0.3) is 0 Å². The molecule has 2 heterocycles. The van der Waals surface area contributed by atoms with Crippen LogP contribution in [0.3, 0.4) is 0 Å². The van der Waals surface area contributed by atoms with Gasteiger partial charge in [-0.1, -0.05) is 30.3 Å². The smallest absolute Gasteiger partial charge is 0.222 e. The Hall–Kier alpha value is -0.890. The number of rotatable bonds is 8. The quantitative estimate of drug-likeness (QED) is 0.639. The lowest BCUT2D eigenvalue weighted by atomic mass is 9.79. The Bertz CT molecular complexity index is 580. The van der Waals surface area contributed by atoms with E-state index in [2.05, 4.69) is 39.8 Å². The summed E-state index contributed by atoms with van der Waals surface area (Å²) < 4.78 is 11.3. The molecule has 3 rings (SSSR count). The van der Waals surface area contributed by atoms with Crippen LogP contribution in [0.5, 0.6) is 0 Å². The number of halogens is 2. The lowest BCUT2D eigenvalue weighted by Gasteiger charge is -2.37. The van der Waals surface area contributed by atoms with Crippen molar-refractivity contribution < 1.29 is 14.3 Å². The molecule has 0 radical (unpaired) electrons. The van der Waals surface area contributed by atoms with Gasteiger partial charge in [0.2, 0.25) is 5.91 Å². The zero-order chi connectivity index (χ0) is 19.0. The third-order valence-electron chi connectivity index (χ3n) is 5.66. The third kappa shape index (κ3) is 8.40. The second-order valence-corrected chi connectivity index (χ2v) is 7.88. The number of carbonyl (C=O) groups excluding carboxylic acids is 1. The monoisotopic (exact) mass is 447 g/mol. The number of carbonyl (C=O) groups is 1. The molecule has 1 aromatic carbocycles. The van der Waals surface area contributed by atoms with Crippen molar-refractivity contribution in [2.75, 3.05) is 53.0 Å². The number of morpholine rings is 1. The molecule has 0 aromatic heterocycles. The van der Waals surface area contributed by atoms with Gasteiger partial charge < -0.3 is 20.1 Å². The second-order valence-electron chi connectivity index (χ2n) is 7.88. The molecule has 2 aliphatic heterocycles. The van der Waals surface area contributed by atoms with Crippen molar-refractivity contribution in [1.29, 1.82) is 0 Å². The SMILES string of the molecule is COCC1(CNC(=O)CC2CN(Cc3ccccc3)CCO2)CCNCC1.Cl.Cl. The maximum atomic E-state index is 12.5. The Balaban J connectivity index is 0.00000210. The molecular formula is C21H35Cl2N3O3. The molecule has 1 unspecified atom stereocenters. The van der Waals surface area contributed by atoms with Crippen LogP contribution in [0.2, 0.25) is 0 Å². The number of nitrogens with zero attached hydrogens (tertiary/aromatic N) is 1. The fraction of sp³-hybridized carbons (Fsp3) is 0.667. The first-order chi connectivity index (χ1) is 13.2. The molecule has 1 aromatic rings. The summed E-state index contributed by atoms with van der Waals surface area (Å²) in [6, 6.07) is 10.5. The summed E-state index contributed by atoms with van der Waals surface area (Å²) in [6.07, 6.45) is 2.46. The van der Waals surface area contributed by atoms with Crippen molar-refractivity contribution >= 4 is 30.7 Å². The normalized spacial score (nSPS) is 21.5. The van der Waals surface area contributed by atoms with Crippen LogP contribution >= 0.6 is 24.8 Å². The van der Waals surface area contributed by atoms with Crippen molar-refractivity contribution in [2.45, 2.75) is 31.9 Å². The van der Waals surface area contributed by atoms with Crippen molar-refractivity contribution in [2.24, 2.45) is 5.41 Å². The summed E-state index contributed by atoms with van der Waals surface area (Å²) in [7, 11) is 1.74. The number of methoxy groups -OCH3 is 1. The zero-order valence-electron chi connectivity index (χ0n) is 17.2. The molecule has 0 aliphatic carbocycles. The van der Waals surface area contributed by atoms with Gasteiger partial charge >= 0.3 is 0 Å². The predicted octanol–water partition coefficient (Wildman–Crippen LogP) is 2.25. The van der Waals surface area contributed by atoms with Gasteiger partial charge in [0.05, 0.1) is 25.7 Å². The molecule has 2 saturated heterocycles. The first kappa shape index (κ1) is 26.1. The van der Waals surface area contributed by atoms with Gasteiger partial charge in [0, 0.05) is 38.7 Å². The van der Waals surface area contributed by atoms with Gasteiger partial charge in [-0.05, 0) is 31.5 Å². The Morgan fingerprint density at radius 3 is 2.69 bits per heavy atom. The summed E-state index contributed by atoms with van der Waals surface area (Å²) >= 11 is 0. The minimum Gasteiger partial charge on any atom is -0.384 e. The standard InChI is InChI=1S/C21H33N3O3.2ClH/c1-26-17-21(7-9-22-10-8-21)16-23-20(25)13-19-15-24(11-12-27-19)14-18-5-3-2-4-6-18;;/h2-6,19,22H,7-17H2,1H3,(H,23,25);2*1H. The molecule has 0 spiro atoms. The maximum absolute atomic E-state index is 12.5.